The molecule has 0 aromatic rings. The van der Waals surface area contributed by atoms with Crippen LogP contribution in [0.5, 0.6) is 0 Å². The Morgan fingerprint density at radius 1 is 0.727 bits per heavy atom. The summed E-state index contributed by atoms with van der Waals surface area (Å²) in [5.74, 6) is -0.173. The van der Waals surface area contributed by atoms with Crippen molar-refractivity contribution < 1.29 is 70.0 Å². The Morgan fingerprint density at radius 3 is 2.02 bits per heavy atom. The first-order valence-corrected chi connectivity index (χ1v) is 20.5. The average molecular weight is 785 g/mol. The van der Waals surface area contributed by atoms with Crippen molar-refractivity contribution in [1.29, 1.82) is 0 Å². The lowest BCUT2D eigenvalue weighted by Crippen LogP contribution is -2.76. The summed E-state index contributed by atoms with van der Waals surface area (Å²) in [6, 6.07) is 0. The summed E-state index contributed by atoms with van der Waals surface area (Å²) in [5, 5.41) is 111. The molecule has 2 heterocycles. The number of hydrogen-bond acceptors (Lipinski definition) is 14. The highest BCUT2D eigenvalue weighted by Gasteiger charge is 2.75. The fourth-order valence-corrected chi connectivity index (χ4v) is 13.7. The van der Waals surface area contributed by atoms with E-state index in [0.717, 1.165) is 31.3 Å². The summed E-state index contributed by atoms with van der Waals surface area (Å²) in [7, 11) is 0. The van der Waals surface area contributed by atoms with Crippen LogP contribution in [0.4, 0.5) is 0 Å². The predicted molar refractivity (Wildman–Crippen MR) is 196 cm³/mol. The molecule has 0 aromatic heterocycles. The molecule has 7 rings (SSSR count). The third kappa shape index (κ3) is 5.71. The van der Waals surface area contributed by atoms with Crippen molar-refractivity contribution in [2.45, 2.75) is 180 Å². The number of ether oxygens (including phenoxy) is 4. The molecule has 55 heavy (non-hydrogen) atoms. The standard InChI is InChI=1S/C41H68O14/c1-18-29(55-34-27(46)25(44)21(43)16-52-34)26(45)28(47)35(53-18)54-24-12-13-38(6)22(37(24,4)5)11-14-39(7)23(38)10-9-19-20-15-36(2,3)30(48)32(50)41(20,17-42)33(51)31(49)40(19,39)8/h9,18,20-35,42-51H,10-17H2,1-8H3/t18-,20-,21+,22-,23+,24-,25-,26-,27-,28+,29-,30-,31-,32-,33+,34-,35+,38-,39+,40-,41+/m0/s1. The maximum Gasteiger partial charge on any atom is 0.186 e. The molecule has 6 fully saturated rings. The van der Waals surface area contributed by atoms with Crippen LogP contribution in [0.15, 0.2) is 11.6 Å². The van der Waals surface area contributed by atoms with Gasteiger partial charge in [-0.05, 0) is 84.9 Å². The molecule has 14 nitrogen and oxygen atoms in total. The van der Waals surface area contributed by atoms with Gasteiger partial charge in [0.2, 0.25) is 0 Å². The monoisotopic (exact) mass is 784 g/mol. The van der Waals surface area contributed by atoms with Crippen molar-refractivity contribution >= 4 is 0 Å². The van der Waals surface area contributed by atoms with Gasteiger partial charge < -0.3 is 70.0 Å². The maximum atomic E-state index is 12.3. The minimum atomic E-state index is -1.57. The summed E-state index contributed by atoms with van der Waals surface area (Å²) in [6.07, 6.45) is -11.1. The molecule has 10 N–H and O–H groups in total. The van der Waals surface area contributed by atoms with Crippen molar-refractivity contribution in [3.8, 4) is 0 Å². The van der Waals surface area contributed by atoms with E-state index in [1.807, 2.05) is 13.8 Å². The lowest BCUT2D eigenvalue weighted by molar-refractivity contribution is -0.356. The van der Waals surface area contributed by atoms with Crippen LogP contribution in [0.2, 0.25) is 0 Å². The molecule has 316 valence electrons. The minimum Gasteiger partial charge on any atom is -0.396 e. The number of rotatable bonds is 5. The fourth-order valence-electron chi connectivity index (χ4n) is 13.7. The zero-order valence-electron chi connectivity index (χ0n) is 33.7. The highest BCUT2D eigenvalue weighted by molar-refractivity contribution is 5.38. The molecule has 0 bridgehead atoms. The molecule has 2 aliphatic heterocycles. The van der Waals surface area contributed by atoms with Gasteiger partial charge in [0.25, 0.3) is 0 Å². The van der Waals surface area contributed by atoms with Gasteiger partial charge in [0.15, 0.2) is 12.6 Å². The van der Waals surface area contributed by atoms with Crippen molar-refractivity contribution in [2.75, 3.05) is 13.2 Å². The van der Waals surface area contributed by atoms with E-state index in [1.54, 1.807) is 6.92 Å². The van der Waals surface area contributed by atoms with E-state index in [0.29, 0.717) is 12.8 Å². The molecular formula is C41H68O14. The SMILES string of the molecule is C[C@@H]1O[C@H](O[C@H]2CC[C@]3(C)[C@H]4CC=C5[C@@H]6CC(C)(C)[C@@H](O)[C@H](O)[C@]6(CO)[C@H](O)[C@H](O)[C@@]5(C)[C@]4(C)CC[C@H]3C2(C)C)[C@H](O)[C@H](O)[C@H]1O[C@@H]1OC[C@@H](O)[C@H](O)[C@@H]1O. The van der Waals surface area contributed by atoms with Crippen LogP contribution in [-0.2, 0) is 18.9 Å². The van der Waals surface area contributed by atoms with E-state index in [-0.39, 0.29) is 30.0 Å². The van der Waals surface area contributed by atoms with Crippen LogP contribution in [0.3, 0.4) is 0 Å². The van der Waals surface area contributed by atoms with Crippen molar-refractivity contribution in [3.05, 3.63) is 11.6 Å². The summed E-state index contributed by atoms with van der Waals surface area (Å²) in [6.45, 7) is 15.6. The molecule has 0 aromatic carbocycles. The Balaban J connectivity index is 1.12. The number of hydrogen-bond donors (Lipinski definition) is 10. The Hall–Kier alpha value is -0.820. The second-order valence-corrected chi connectivity index (χ2v) is 20.5. The number of aliphatic hydroxyl groups is 10. The Bertz CT molecular complexity index is 1470. The molecule has 4 saturated carbocycles. The van der Waals surface area contributed by atoms with Crippen LogP contribution in [-0.4, -0.2) is 150 Å². The summed E-state index contributed by atoms with van der Waals surface area (Å²) < 4.78 is 23.9. The van der Waals surface area contributed by atoms with Crippen LogP contribution >= 0.6 is 0 Å². The van der Waals surface area contributed by atoms with Gasteiger partial charge in [-0.25, -0.2) is 0 Å². The lowest BCUT2D eigenvalue weighted by atomic mass is 9.32. The van der Waals surface area contributed by atoms with Crippen LogP contribution in [0, 0.1) is 50.2 Å². The first-order chi connectivity index (χ1) is 25.5. The number of aliphatic hydroxyl groups excluding tert-OH is 10. The van der Waals surface area contributed by atoms with E-state index in [1.165, 1.54) is 0 Å². The van der Waals surface area contributed by atoms with E-state index >= 15 is 0 Å². The van der Waals surface area contributed by atoms with Gasteiger partial charge in [0.05, 0.1) is 55.3 Å². The zero-order valence-corrected chi connectivity index (χ0v) is 33.7. The van der Waals surface area contributed by atoms with E-state index in [9.17, 15) is 51.1 Å². The van der Waals surface area contributed by atoms with Crippen LogP contribution in [0.25, 0.3) is 0 Å². The Labute approximate surface area is 324 Å². The number of fused-ring (bicyclic) bond motifs is 7. The maximum absolute atomic E-state index is 12.3. The molecule has 14 heteroatoms. The van der Waals surface area contributed by atoms with Crippen molar-refractivity contribution in [2.24, 2.45) is 50.2 Å². The zero-order chi connectivity index (χ0) is 40.6. The highest BCUT2D eigenvalue weighted by atomic mass is 16.7. The van der Waals surface area contributed by atoms with E-state index < -0.39 is 119 Å². The van der Waals surface area contributed by atoms with Gasteiger partial charge in [0.1, 0.15) is 36.6 Å². The Morgan fingerprint density at radius 2 is 1.36 bits per heavy atom. The van der Waals surface area contributed by atoms with Gasteiger partial charge in [-0.15, -0.1) is 0 Å². The molecule has 0 spiro atoms. The first-order valence-electron chi connectivity index (χ1n) is 20.5. The quantitative estimate of drug-likeness (QED) is 0.134. The second kappa shape index (κ2) is 13.9. The molecule has 2 saturated heterocycles. The van der Waals surface area contributed by atoms with Gasteiger partial charge >= 0.3 is 0 Å². The van der Waals surface area contributed by atoms with Gasteiger partial charge in [0, 0.05) is 5.41 Å². The smallest absolute Gasteiger partial charge is 0.186 e. The fraction of sp³-hybridized carbons (Fsp3) is 0.951. The van der Waals surface area contributed by atoms with Gasteiger partial charge in [-0.1, -0.05) is 60.1 Å². The molecule has 0 radical (unpaired) electrons. The molecule has 0 unspecified atom stereocenters. The van der Waals surface area contributed by atoms with E-state index in [4.69, 9.17) is 18.9 Å². The topological polar surface area (TPSA) is 239 Å². The largest absolute Gasteiger partial charge is 0.396 e. The van der Waals surface area contributed by atoms with Crippen LogP contribution in [0.1, 0.15) is 93.9 Å². The average Bonchev–Trinajstić information content (AvgIpc) is 3.12. The minimum absolute atomic E-state index is 0.108. The van der Waals surface area contributed by atoms with Gasteiger partial charge in [-0.3, -0.25) is 0 Å². The molecule has 7 aliphatic rings. The third-order valence-corrected chi connectivity index (χ3v) is 17.3. The molecular weight excluding hydrogens is 716 g/mol. The molecule has 0 amide bonds. The summed E-state index contributed by atoms with van der Waals surface area (Å²) in [5.41, 5.74) is -3.17. The predicted octanol–water partition coefficient (Wildman–Crippen LogP) is 0.340. The highest BCUT2D eigenvalue weighted by Crippen LogP contribution is 2.76. The lowest BCUT2D eigenvalue weighted by Gasteiger charge is -2.73. The first kappa shape index (κ1) is 42.3. The second-order valence-electron chi connectivity index (χ2n) is 20.5. The number of allylic oxidation sites excluding steroid dienone is 1. The van der Waals surface area contributed by atoms with Crippen LogP contribution < -0.4 is 0 Å². The van der Waals surface area contributed by atoms with E-state index in [2.05, 4.69) is 40.7 Å². The summed E-state index contributed by atoms with van der Waals surface area (Å²) >= 11 is 0. The Kier molecular flexibility index (Phi) is 10.7. The third-order valence-electron chi connectivity index (χ3n) is 17.3. The summed E-state index contributed by atoms with van der Waals surface area (Å²) in [4.78, 5) is 0. The molecule has 5 aliphatic carbocycles. The van der Waals surface area contributed by atoms with Gasteiger partial charge in [-0.2, -0.15) is 0 Å². The normalized spacial score (nSPS) is 57.3. The van der Waals surface area contributed by atoms with Crippen molar-refractivity contribution in [3.63, 3.8) is 0 Å². The van der Waals surface area contributed by atoms with Crippen molar-refractivity contribution in [1.82, 2.24) is 0 Å². The molecule has 21 atom stereocenters.